The lowest BCUT2D eigenvalue weighted by molar-refractivity contribution is -0.121. The molecule has 1 aromatic rings. The van der Waals surface area contributed by atoms with E-state index in [1.807, 2.05) is 18.2 Å². The highest BCUT2D eigenvalue weighted by Gasteiger charge is 2.33. The maximum absolute atomic E-state index is 12.7. The van der Waals surface area contributed by atoms with E-state index in [1.54, 1.807) is 11.8 Å². The Bertz CT molecular complexity index is 627. The Hall–Kier alpha value is -1.88. The summed E-state index contributed by atoms with van der Waals surface area (Å²) in [6, 6.07) is 6.13. The largest absolute Gasteiger partial charge is 0.324 e. The minimum atomic E-state index is -0.0452. The number of benzene rings is 1. The standard InChI is InChI=1S/C18H25N3O2/c1-12(2)20-10-5-8-17(20)18(23)19-15-6-4-7-16-14(15)9-11-21(16)13(3)22/h4,6-7,12,17H,5,8-11H2,1-3H3,(H,19,23). The third-order valence-electron chi connectivity index (χ3n) is 4.93. The van der Waals surface area contributed by atoms with Gasteiger partial charge in [-0.05, 0) is 51.8 Å². The molecule has 0 bridgehead atoms. The number of carbonyl (C=O) groups is 2. The van der Waals surface area contributed by atoms with Crippen LogP contribution >= 0.6 is 0 Å². The smallest absolute Gasteiger partial charge is 0.241 e. The molecule has 1 N–H and O–H groups in total. The number of carbonyl (C=O) groups excluding carboxylic acids is 2. The van der Waals surface area contributed by atoms with E-state index in [4.69, 9.17) is 0 Å². The molecule has 1 saturated heterocycles. The fraction of sp³-hybridized carbons (Fsp3) is 0.556. The van der Waals surface area contributed by atoms with Gasteiger partial charge in [-0.15, -0.1) is 0 Å². The van der Waals surface area contributed by atoms with Crippen LogP contribution in [0.3, 0.4) is 0 Å². The average Bonchev–Trinajstić information content (AvgIpc) is 3.14. The highest BCUT2D eigenvalue weighted by molar-refractivity contribution is 5.99. The van der Waals surface area contributed by atoms with Gasteiger partial charge in [0, 0.05) is 36.4 Å². The topological polar surface area (TPSA) is 52.7 Å². The van der Waals surface area contributed by atoms with E-state index >= 15 is 0 Å². The molecule has 5 nitrogen and oxygen atoms in total. The number of fused-ring (bicyclic) bond motifs is 1. The number of nitrogens with one attached hydrogen (secondary N) is 1. The summed E-state index contributed by atoms with van der Waals surface area (Å²) in [4.78, 5) is 28.5. The molecule has 1 unspecified atom stereocenters. The van der Waals surface area contributed by atoms with Gasteiger partial charge in [-0.3, -0.25) is 14.5 Å². The van der Waals surface area contributed by atoms with E-state index in [0.29, 0.717) is 12.6 Å². The fourth-order valence-corrected chi connectivity index (χ4v) is 3.78. The van der Waals surface area contributed by atoms with Crippen molar-refractivity contribution in [2.75, 3.05) is 23.3 Å². The summed E-state index contributed by atoms with van der Waals surface area (Å²) in [7, 11) is 0. The van der Waals surface area contributed by atoms with Crippen molar-refractivity contribution in [1.82, 2.24) is 4.90 Å². The monoisotopic (exact) mass is 315 g/mol. The lowest BCUT2D eigenvalue weighted by Crippen LogP contribution is -2.43. The van der Waals surface area contributed by atoms with Gasteiger partial charge in [0.25, 0.3) is 0 Å². The minimum Gasteiger partial charge on any atom is -0.324 e. The van der Waals surface area contributed by atoms with Crippen molar-refractivity contribution < 1.29 is 9.59 Å². The molecule has 0 radical (unpaired) electrons. The van der Waals surface area contributed by atoms with Crippen LogP contribution in [-0.4, -0.2) is 41.9 Å². The molecule has 0 aliphatic carbocycles. The van der Waals surface area contributed by atoms with Crippen LogP contribution in [0.15, 0.2) is 18.2 Å². The van der Waals surface area contributed by atoms with Crippen LogP contribution < -0.4 is 10.2 Å². The van der Waals surface area contributed by atoms with E-state index < -0.39 is 0 Å². The van der Waals surface area contributed by atoms with Gasteiger partial charge in [0.15, 0.2) is 0 Å². The molecule has 5 heteroatoms. The molecule has 1 aromatic carbocycles. The molecule has 124 valence electrons. The van der Waals surface area contributed by atoms with Crippen molar-refractivity contribution >= 4 is 23.2 Å². The Morgan fingerprint density at radius 1 is 1.26 bits per heavy atom. The molecule has 3 rings (SSSR count). The van der Waals surface area contributed by atoms with Gasteiger partial charge in [0.2, 0.25) is 11.8 Å². The zero-order valence-electron chi connectivity index (χ0n) is 14.1. The number of likely N-dealkylation sites (tertiary alicyclic amines) is 1. The number of rotatable bonds is 3. The summed E-state index contributed by atoms with van der Waals surface area (Å²) < 4.78 is 0. The van der Waals surface area contributed by atoms with E-state index in [-0.39, 0.29) is 17.9 Å². The Kier molecular flexibility index (Phi) is 4.39. The molecular weight excluding hydrogens is 290 g/mol. The predicted octanol–water partition coefficient (Wildman–Crippen LogP) is 2.41. The molecule has 23 heavy (non-hydrogen) atoms. The lowest BCUT2D eigenvalue weighted by atomic mass is 10.1. The van der Waals surface area contributed by atoms with E-state index in [2.05, 4.69) is 24.1 Å². The van der Waals surface area contributed by atoms with Crippen LogP contribution in [0, 0.1) is 0 Å². The van der Waals surface area contributed by atoms with Crippen molar-refractivity contribution in [3.63, 3.8) is 0 Å². The van der Waals surface area contributed by atoms with Crippen LogP contribution in [0.1, 0.15) is 39.2 Å². The Morgan fingerprint density at radius 2 is 2.04 bits per heavy atom. The minimum absolute atomic E-state index is 0.0452. The predicted molar refractivity (Wildman–Crippen MR) is 91.7 cm³/mol. The number of hydrogen-bond acceptors (Lipinski definition) is 3. The van der Waals surface area contributed by atoms with Crippen LogP contribution in [0.4, 0.5) is 11.4 Å². The van der Waals surface area contributed by atoms with Crippen LogP contribution in [0.25, 0.3) is 0 Å². The van der Waals surface area contributed by atoms with Crippen LogP contribution in [-0.2, 0) is 16.0 Å². The highest BCUT2D eigenvalue weighted by Crippen LogP contribution is 2.34. The van der Waals surface area contributed by atoms with Crippen LogP contribution in [0.5, 0.6) is 0 Å². The molecule has 0 aromatic heterocycles. The first-order chi connectivity index (χ1) is 11.0. The number of anilines is 2. The van der Waals surface area contributed by atoms with Crippen molar-refractivity contribution in [2.45, 2.75) is 52.1 Å². The molecule has 2 aliphatic heterocycles. The first-order valence-electron chi connectivity index (χ1n) is 8.45. The molecule has 1 atom stereocenters. The van der Waals surface area contributed by atoms with Gasteiger partial charge in [-0.1, -0.05) is 6.07 Å². The number of nitrogens with zero attached hydrogens (tertiary/aromatic N) is 2. The summed E-state index contributed by atoms with van der Waals surface area (Å²) >= 11 is 0. The van der Waals surface area contributed by atoms with Crippen molar-refractivity contribution in [2.24, 2.45) is 0 Å². The highest BCUT2D eigenvalue weighted by atomic mass is 16.2. The van der Waals surface area contributed by atoms with Crippen molar-refractivity contribution in [3.8, 4) is 0 Å². The SMILES string of the molecule is CC(=O)N1CCc2c(NC(=O)C3CCCN3C(C)C)cccc21. The maximum Gasteiger partial charge on any atom is 0.241 e. The third-order valence-corrected chi connectivity index (χ3v) is 4.93. The quantitative estimate of drug-likeness (QED) is 0.932. The average molecular weight is 315 g/mol. The first-order valence-corrected chi connectivity index (χ1v) is 8.45. The van der Waals surface area contributed by atoms with E-state index in [0.717, 1.165) is 42.7 Å². The van der Waals surface area contributed by atoms with Gasteiger partial charge in [0.1, 0.15) is 0 Å². The molecule has 0 spiro atoms. The first kappa shape index (κ1) is 16.0. The summed E-state index contributed by atoms with van der Waals surface area (Å²) in [5.74, 6) is 0.125. The molecule has 0 saturated carbocycles. The Morgan fingerprint density at radius 3 is 2.74 bits per heavy atom. The second-order valence-corrected chi connectivity index (χ2v) is 6.70. The molecule has 1 fully saturated rings. The second-order valence-electron chi connectivity index (χ2n) is 6.70. The fourth-order valence-electron chi connectivity index (χ4n) is 3.78. The molecule has 2 aliphatic rings. The molecular formula is C18H25N3O2. The summed E-state index contributed by atoms with van der Waals surface area (Å²) in [5, 5.41) is 3.11. The Labute approximate surface area is 137 Å². The second kappa shape index (κ2) is 6.32. The number of hydrogen-bond donors (Lipinski definition) is 1. The summed E-state index contributed by atoms with van der Waals surface area (Å²) in [6.45, 7) is 7.53. The van der Waals surface area contributed by atoms with E-state index in [1.165, 1.54) is 0 Å². The van der Waals surface area contributed by atoms with Crippen LogP contribution in [0.2, 0.25) is 0 Å². The Balaban J connectivity index is 1.79. The summed E-state index contributed by atoms with van der Waals surface area (Å²) in [6.07, 6.45) is 2.78. The number of amides is 2. The van der Waals surface area contributed by atoms with Crippen molar-refractivity contribution in [1.29, 1.82) is 0 Å². The van der Waals surface area contributed by atoms with Gasteiger partial charge in [-0.25, -0.2) is 0 Å². The zero-order valence-corrected chi connectivity index (χ0v) is 14.1. The normalized spacial score (nSPS) is 20.9. The lowest BCUT2D eigenvalue weighted by Gasteiger charge is -2.27. The third kappa shape index (κ3) is 2.98. The van der Waals surface area contributed by atoms with Gasteiger partial charge in [0.05, 0.1) is 6.04 Å². The van der Waals surface area contributed by atoms with Crippen molar-refractivity contribution in [3.05, 3.63) is 23.8 Å². The summed E-state index contributed by atoms with van der Waals surface area (Å²) in [5.41, 5.74) is 2.86. The maximum atomic E-state index is 12.7. The zero-order chi connectivity index (χ0) is 16.6. The van der Waals surface area contributed by atoms with Gasteiger partial charge < -0.3 is 10.2 Å². The van der Waals surface area contributed by atoms with E-state index in [9.17, 15) is 9.59 Å². The van der Waals surface area contributed by atoms with Gasteiger partial charge >= 0.3 is 0 Å². The molecule has 2 heterocycles. The van der Waals surface area contributed by atoms with Gasteiger partial charge in [-0.2, -0.15) is 0 Å². The molecule has 2 amide bonds.